The lowest BCUT2D eigenvalue weighted by Gasteiger charge is -2.55. The normalized spacial score (nSPS) is 25.5. The van der Waals surface area contributed by atoms with Gasteiger partial charge in [-0.05, 0) is 95.9 Å². The summed E-state index contributed by atoms with van der Waals surface area (Å²) in [5.74, 6) is 0.454. The molecule has 1 amide bonds. The highest BCUT2D eigenvalue weighted by atomic mass is 16.6. The van der Waals surface area contributed by atoms with E-state index in [1.54, 1.807) is 12.1 Å². The van der Waals surface area contributed by atoms with Crippen LogP contribution in [0.3, 0.4) is 0 Å². The van der Waals surface area contributed by atoms with Crippen LogP contribution in [0.2, 0.25) is 0 Å². The summed E-state index contributed by atoms with van der Waals surface area (Å²) in [5.41, 5.74) is 4.82. The molecule has 2 aliphatic carbocycles. The number of anilines is 1. The van der Waals surface area contributed by atoms with Crippen molar-refractivity contribution in [3.8, 4) is 0 Å². The number of nitrogens with one attached hydrogen (secondary N) is 1. The fraction of sp³-hybridized carbons (Fsp3) is 0.600. The van der Waals surface area contributed by atoms with E-state index in [0.29, 0.717) is 30.0 Å². The van der Waals surface area contributed by atoms with E-state index in [9.17, 15) is 19.7 Å². The summed E-state index contributed by atoms with van der Waals surface area (Å²) < 4.78 is 5.31. The summed E-state index contributed by atoms with van der Waals surface area (Å²) in [5, 5.41) is 14.9. The zero-order chi connectivity index (χ0) is 30.9. The second-order valence-electron chi connectivity index (χ2n) is 14.1. The molecule has 3 unspecified atom stereocenters. The average molecular weight is 590 g/mol. The van der Waals surface area contributed by atoms with Crippen LogP contribution in [0.4, 0.5) is 11.4 Å². The molecule has 1 saturated heterocycles. The second kappa shape index (κ2) is 12.3. The van der Waals surface area contributed by atoms with Gasteiger partial charge in [-0.2, -0.15) is 0 Å². The lowest BCUT2D eigenvalue weighted by atomic mass is 9.49. The Morgan fingerprint density at radius 1 is 1.09 bits per heavy atom. The molecule has 8 nitrogen and oxygen atoms in total. The van der Waals surface area contributed by atoms with E-state index >= 15 is 0 Å². The van der Waals surface area contributed by atoms with Crippen LogP contribution in [0, 0.1) is 27.4 Å². The van der Waals surface area contributed by atoms with Gasteiger partial charge in [-0.1, -0.05) is 59.2 Å². The molecule has 1 N–H and O–H groups in total. The van der Waals surface area contributed by atoms with Gasteiger partial charge in [0.05, 0.1) is 10.5 Å². The van der Waals surface area contributed by atoms with Crippen LogP contribution in [0.1, 0.15) is 106 Å². The number of piperidine rings is 1. The molecule has 3 atom stereocenters. The van der Waals surface area contributed by atoms with Gasteiger partial charge in [0.2, 0.25) is 0 Å². The maximum atomic E-state index is 12.9. The van der Waals surface area contributed by atoms with Gasteiger partial charge in [-0.3, -0.25) is 14.9 Å². The zero-order valence-corrected chi connectivity index (χ0v) is 26.4. The van der Waals surface area contributed by atoms with Gasteiger partial charge in [-0.15, -0.1) is 0 Å². The number of nitro benzene ring substituents is 1. The Hall–Kier alpha value is -3.42. The van der Waals surface area contributed by atoms with Crippen LogP contribution in [-0.4, -0.2) is 43.0 Å². The molecule has 8 heteroatoms. The molecule has 1 aliphatic heterocycles. The first-order chi connectivity index (χ1) is 20.4. The molecule has 5 rings (SSSR count). The van der Waals surface area contributed by atoms with Gasteiger partial charge in [0.1, 0.15) is 5.69 Å². The van der Waals surface area contributed by atoms with Crippen molar-refractivity contribution in [1.29, 1.82) is 0 Å². The number of benzene rings is 2. The summed E-state index contributed by atoms with van der Waals surface area (Å²) in [7, 11) is 0. The molecule has 0 bridgehead atoms. The standard InChI is InChI=1S/C35H47N3O5/c1-23(2)25-7-10-28-26(19-25)9-12-31-34(4,15-6-16-35(28,31)5)22-36-32(39)21-43-33(40)27-8-11-29(30(20-27)38(41)42)37-17-13-24(3)14-18-37/h7-8,10-11,19-20,23-24,31H,6,9,12-18,21-22H2,1-5H3,(H,36,39). The summed E-state index contributed by atoms with van der Waals surface area (Å²) in [6.45, 7) is 13.0. The van der Waals surface area contributed by atoms with Crippen LogP contribution in [-0.2, 0) is 21.4 Å². The third-order valence-electron chi connectivity index (χ3n) is 10.7. The lowest BCUT2D eigenvalue weighted by molar-refractivity contribution is -0.384. The Kier molecular flexibility index (Phi) is 8.87. The van der Waals surface area contributed by atoms with Crippen molar-refractivity contribution in [3.05, 3.63) is 68.8 Å². The van der Waals surface area contributed by atoms with E-state index in [-0.39, 0.29) is 28.0 Å². The molecule has 43 heavy (non-hydrogen) atoms. The van der Waals surface area contributed by atoms with Crippen molar-refractivity contribution in [2.24, 2.45) is 17.3 Å². The van der Waals surface area contributed by atoms with Crippen molar-refractivity contribution in [2.75, 3.05) is 31.1 Å². The van der Waals surface area contributed by atoms with Crippen molar-refractivity contribution < 1.29 is 19.2 Å². The molecule has 0 spiro atoms. The quantitative estimate of drug-likeness (QED) is 0.203. The van der Waals surface area contributed by atoms with Gasteiger partial charge < -0.3 is 15.0 Å². The number of nitrogens with zero attached hydrogens (tertiary/aromatic N) is 2. The Labute approximate surface area is 255 Å². The Morgan fingerprint density at radius 3 is 2.53 bits per heavy atom. The first kappa shape index (κ1) is 31.0. The highest BCUT2D eigenvalue weighted by molar-refractivity contribution is 5.93. The SMILES string of the molecule is CC1CCN(c2ccc(C(=O)OCC(=O)NCC3(C)CCCC4(C)c5ccc(C(C)C)cc5CCC34)cc2[N+](=O)[O-])CC1. The number of amides is 1. The predicted octanol–water partition coefficient (Wildman–Crippen LogP) is 6.94. The van der Waals surface area contributed by atoms with E-state index < -0.39 is 17.5 Å². The number of fused-ring (bicyclic) bond motifs is 3. The number of carbonyl (C=O) groups excluding carboxylic acids is 2. The van der Waals surface area contributed by atoms with E-state index in [4.69, 9.17) is 4.74 Å². The smallest absolute Gasteiger partial charge is 0.338 e. The van der Waals surface area contributed by atoms with E-state index in [2.05, 4.69) is 58.1 Å². The number of nitro groups is 1. The van der Waals surface area contributed by atoms with E-state index in [1.807, 2.05) is 4.90 Å². The maximum Gasteiger partial charge on any atom is 0.338 e. The summed E-state index contributed by atoms with van der Waals surface area (Å²) in [6, 6.07) is 11.5. The molecule has 0 radical (unpaired) electrons. The number of ether oxygens (including phenoxy) is 1. The number of rotatable bonds is 8. The van der Waals surface area contributed by atoms with Crippen molar-refractivity contribution in [1.82, 2.24) is 5.32 Å². The Balaban J connectivity index is 1.20. The van der Waals surface area contributed by atoms with Crippen LogP contribution < -0.4 is 10.2 Å². The van der Waals surface area contributed by atoms with Crippen molar-refractivity contribution in [2.45, 2.75) is 90.9 Å². The number of esters is 1. The number of aryl methyl sites for hydroxylation is 1. The van der Waals surface area contributed by atoms with Crippen LogP contribution in [0.15, 0.2) is 36.4 Å². The summed E-state index contributed by atoms with van der Waals surface area (Å²) in [4.78, 5) is 39.0. The first-order valence-electron chi connectivity index (χ1n) is 16.0. The Bertz CT molecular complexity index is 1380. The lowest BCUT2D eigenvalue weighted by Crippen LogP contribution is -2.53. The van der Waals surface area contributed by atoms with Gasteiger partial charge in [0.15, 0.2) is 6.61 Å². The van der Waals surface area contributed by atoms with Crippen LogP contribution in [0.5, 0.6) is 0 Å². The molecular formula is C35H47N3O5. The van der Waals surface area contributed by atoms with E-state index in [1.165, 1.54) is 22.8 Å². The number of carbonyl (C=O) groups is 2. The second-order valence-corrected chi connectivity index (χ2v) is 14.1. The largest absolute Gasteiger partial charge is 0.452 e. The molecule has 1 saturated carbocycles. The first-order valence-corrected chi connectivity index (χ1v) is 16.0. The third-order valence-corrected chi connectivity index (χ3v) is 10.7. The molecule has 1 heterocycles. The number of hydrogen-bond donors (Lipinski definition) is 1. The predicted molar refractivity (Wildman–Crippen MR) is 169 cm³/mol. The highest BCUT2D eigenvalue weighted by Crippen LogP contribution is 2.57. The van der Waals surface area contributed by atoms with Crippen LogP contribution >= 0.6 is 0 Å². The van der Waals surface area contributed by atoms with Crippen LogP contribution in [0.25, 0.3) is 0 Å². The fourth-order valence-corrected chi connectivity index (χ4v) is 8.09. The molecule has 232 valence electrons. The summed E-state index contributed by atoms with van der Waals surface area (Å²) in [6.07, 6.45) is 7.39. The fourth-order valence-electron chi connectivity index (χ4n) is 8.09. The monoisotopic (exact) mass is 589 g/mol. The maximum absolute atomic E-state index is 12.9. The van der Waals surface area contributed by atoms with Gasteiger partial charge in [0, 0.05) is 25.7 Å². The van der Waals surface area contributed by atoms with Crippen molar-refractivity contribution in [3.63, 3.8) is 0 Å². The van der Waals surface area contributed by atoms with Gasteiger partial charge in [-0.25, -0.2) is 4.79 Å². The minimum absolute atomic E-state index is 0.0657. The van der Waals surface area contributed by atoms with Crippen molar-refractivity contribution >= 4 is 23.3 Å². The third kappa shape index (κ3) is 6.29. The molecule has 2 aromatic rings. The van der Waals surface area contributed by atoms with Gasteiger partial charge >= 0.3 is 5.97 Å². The molecular weight excluding hydrogens is 542 g/mol. The highest BCUT2D eigenvalue weighted by Gasteiger charge is 2.51. The average Bonchev–Trinajstić information content (AvgIpc) is 2.98. The molecule has 0 aromatic heterocycles. The van der Waals surface area contributed by atoms with Gasteiger partial charge in [0.25, 0.3) is 11.6 Å². The van der Waals surface area contributed by atoms with E-state index in [0.717, 1.165) is 58.0 Å². The molecule has 3 aliphatic rings. The number of hydrogen-bond acceptors (Lipinski definition) is 6. The Morgan fingerprint density at radius 2 is 1.84 bits per heavy atom. The summed E-state index contributed by atoms with van der Waals surface area (Å²) >= 11 is 0. The molecule has 2 fully saturated rings. The molecule has 2 aromatic carbocycles. The minimum Gasteiger partial charge on any atom is -0.452 e. The topological polar surface area (TPSA) is 102 Å². The minimum atomic E-state index is -0.738. The zero-order valence-electron chi connectivity index (χ0n) is 26.4.